The first-order valence-electron chi connectivity index (χ1n) is 5.40. The van der Waals surface area contributed by atoms with Crippen molar-refractivity contribution in [2.75, 3.05) is 19.8 Å². The lowest BCUT2D eigenvalue weighted by Crippen LogP contribution is -2.23. The van der Waals surface area contributed by atoms with Crippen LogP contribution in [0.15, 0.2) is 6.33 Å². The third kappa shape index (κ3) is 3.97. The van der Waals surface area contributed by atoms with E-state index >= 15 is 0 Å². The second-order valence-electron chi connectivity index (χ2n) is 3.53. The van der Waals surface area contributed by atoms with E-state index in [1.807, 2.05) is 18.5 Å². The molecule has 0 spiro atoms. The van der Waals surface area contributed by atoms with E-state index in [1.165, 1.54) is 0 Å². The van der Waals surface area contributed by atoms with Crippen molar-refractivity contribution in [1.82, 2.24) is 20.1 Å². The molecule has 1 N–H and O–H groups in total. The Hall–Kier alpha value is -0.940. The van der Waals surface area contributed by atoms with Gasteiger partial charge in [-0.2, -0.15) is 0 Å². The zero-order valence-corrected chi connectivity index (χ0v) is 9.73. The summed E-state index contributed by atoms with van der Waals surface area (Å²) < 4.78 is 7.19. The van der Waals surface area contributed by atoms with Gasteiger partial charge in [0, 0.05) is 20.3 Å². The number of hydrogen-bond donors (Lipinski definition) is 1. The van der Waals surface area contributed by atoms with Crippen LogP contribution in [0.3, 0.4) is 0 Å². The van der Waals surface area contributed by atoms with Gasteiger partial charge in [0.15, 0.2) is 0 Å². The maximum Gasteiger partial charge on any atom is 0.149 e. The molecule has 1 heterocycles. The maximum absolute atomic E-state index is 5.26. The fourth-order valence-corrected chi connectivity index (χ4v) is 1.41. The summed E-state index contributed by atoms with van der Waals surface area (Å²) in [6.45, 7) is 6.64. The Morgan fingerprint density at radius 1 is 1.60 bits per heavy atom. The molecule has 5 heteroatoms. The van der Waals surface area contributed by atoms with Crippen LogP contribution in [0.2, 0.25) is 0 Å². The van der Waals surface area contributed by atoms with Gasteiger partial charge in [-0.05, 0) is 26.8 Å². The Balaban J connectivity index is 2.19. The average molecular weight is 212 g/mol. The van der Waals surface area contributed by atoms with Gasteiger partial charge < -0.3 is 14.6 Å². The van der Waals surface area contributed by atoms with Crippen molar-refractivity contribution < 1.29 is 4.74 Å². The molecular weight excluding hydrogens is 192 g/mol. The van der Waals surface area contributed by atoms with Gasteiger partial charge in [0.2, 0.25) is 0 Å². The minimum atomic E-state index is 0.235. The molecule has 0 saturated heterocycles. The van der Waals surface area contributed by atoms with Gasteiger partial charge in [0.05, 0.1) is 6.04 Å². The summed E-state index contributed by atoms with van der Waals surface area (Å²) in [6.07, 6.45) is 2.74. The summed E-state index contributed by atoms with van der Waals surface area (Å²) in [4.78, 5) is 0. The van der Waals surface area contributed by atoms with Gasteiger partial charge in [-0.25, -0.2) is 0 Å². The van der Waals surface area contributed by atoms with Gasteiger partial charge in [-0.15, -0.1) is 10.2 Å². The molecule has 86 valence electrons. The van der Waals surface area contributed by atoms with Gasteiger partial charge in [0.25, 0.3) is 0 Å². The molecule has 1 rings (SSSR count). The zero-order valence-electron chi connectivity index (χ0n) is 9.73. The third-order valence-electron chi connectivity index (χ3n) is 2.25. The quantitative estimate of drug-likeness (QED) is 0.682. The lowest BCUT2D eigenvalue weighted by molar-refractivity contribution is 0.144. The largest absolute Gasteiger partial charge is 0.382 e. The van der Waals surface area contributed by atoms with E-state index in [-0.39, 0.29) is 6.04 Å². The first-order chi connectivity index (χ1) is 7.25. The number of nitrogens with one attached hydrogen (secondary N) is 1. The molecule has 0 fully saturated rings. The number of aryl methyl sites for hydroxylation is 1. The SMILES string of the molecule is CCOCCCNC(C)c1nncn1C. The van der Waals surface area contributed by atoms with Gasteiger partial charge >= 0.3 is 0 Å². The maximum atomic E-state index is 5.26. The highest BCUT2D eigenvalue weighted by Crippen LogP contribution is 2.06. The van der Waals surface area contributed by atoms with Crippen LogP contribution in [0.5, 0.6) is 0 Å². The van der Waals surface area contributed by atoms with E-state index in [2.05, 4.69) is 22.4 Å². The van der Waals surface area contributed by atoms with Crippen LogP contribution in [-0.2, 0) is 11.8 Å². The van der Waals surface area contributed by atoms with Crippen LogP contribution >= 0.6 is 0 Å². The molecule has 0 bridgehead atoms. The molecule has 5 nitrogen and oxygen atoms in total. The van der Waals surface area contributed by atoms with Crippen LogP contribution < -0.4 is 5.32 Å². The summed E-state index contributed by atoms with van der Waals surface area (Å²) in [5.74, 6) is 0.964. The minimum Gasteiger partial charge on any atom is -0.382 e. The Bertz CT molecular complexity index is 274. The van der Waals surface area contributed by atoms with Gasteiger partial charge in [0.1, 0.15) is 12.2 Å². The molecule has 0 aliphatic heterocycles. The lowest BCUT2D eigenvalue weighted by atomic mass is 10.3. The molecule has 1 atom stereocenters. The topological polar surface area (TPSA) is 52.0 Å². The van der Waals surface area contributed by atoms with Gasteiger partial charge in [-0.3, -0.25) is 0 Å². The highest BCUT2D eigenvalue weighted by atomic mass is 16.5. The van der Waals surface area contributed by atoms with Crippen molar-refractivity contribution in [2.24, 2.45) is 7.05 Å². The monoisotopic (exact) mass is 212 g/mol. The van der Waals surface area contributed by atoms with Gasteiger partial charge in [-0.1, -0.05) is 0 Å². The molecule has 1 aromatic heterocycles. The van der Waals surface area contributed by atoms with Crippen LogP contribution in [-0.4, -0.2) is 34.5 Å². The Kier molecular flexibility index (Phi) is 5.28. The molecule has 0 amide bonds. The van der Waals surface area contributed by atoms with E-state index in [1.54, 1.807) is 6.33 Å². The summed E-state index contributed by atoms with van der Waals surface area (Å²) in [7, 11) is 1.95. The number of aromatic nitrogens is 3. The van der Waals surface area contributed by atoms with E-state index in [4.69, 9.17) is 4.74 Å². The number of rotatable bonds is 7. The molecule has 0 radical (unpaired) electrons. The fraction of sp³-hybridized carbons (Fsp3) is 0.800. The van der Waals surface area contributed by atoms with Crippen molar-refractivity contribution in [3.05, 3.63) is 12.2 Å². The Morgan fingerprint density at radius 2 is 2.40 bits per heavy atom. The molecule has 1 aromatic rings. The van der Waals surface area contributed by atoms with E-state index in [0.717, 1.165) is 32.0 Å². The van der Waals surface area contributed by atoms with Crippen LogP contribution in [0.25, 0.3) is 0 Å². The Morgan fingerprint density at radius 3 is 3.00 bits per heavy atom. The van der Waals surface area contributed by atoms with Crippen molar-refractivity contribution in [3.63, 3.8) is 0 Å². The molecule has 0 aliphatic carbocycles. The molecule has 15 heavy (non-hydrogen) atoms. The Labute approximate surface area is 90.8 Å². The molecular formula is C10H20N4O. The number of nitrogens with zero attached hydrogens (tertiary/aromatic N) is 3. The van der Waals surface area contributed by atoms with Crippen LogP contribution in [0.1, 0.15) is 32.1 Å². The third-order valence-corrected chi connectivity index (χ3v) is 2.25. The molecule has 1 unspecified atom stereocenters. The van der Waals surface area contributed by atoms with E-state index < -0.39 is 0 Å². The van der Waals surface area contributed by atoms with Crippen molar-refractivity contribution in [2.45, 2.75) is 26.3 Å². The summed E-state index contributed by atoms with van der Waals surface area (Å²) in [5, 5.41) is 11.3. The van der Waals surface area contributed by atoms with Crippen molar-refractivity contribution >= 4 is 0 Å². The fourth-order valence-electron chi connectivity index (χ4n) is 1.41. The molecule has 0 saturated carbocycles. The second kappa shape index (κ2) is 6.53. The van der Waals surface area contributed by atoms with E-state index in [9.17, 15) is 0 Å². The molecule has 0 aromatic carbocycles. The van der Waals surface area contributed by atoms with Crippen LogP contribution in [0.4, 0.5) is 0 Å². The smallest absolute Gasteiger partial charge is 0.149 e. The summed E-state index contributed by atoms with van der Waals surface area (Å²) in [5.41, 5.74) is 0. The highest BCUT2D eigenvalue weighted by molar-refractivity contribution is 4.91. The highest BCUT2D eigenvalue weighted by Gasteiger charge is 2.09. The van der Waals surface area contributed by atoms with Crippen LogP contribution in [0, 0.1) is 0 Å². The first-order valence-corrected chi connectivity index (χ1v) is 5.40. The molecule has 0 aliphatic rings. The normalized spacial score (nSPS) is 13.0. The van der Waals surface area contributed by atoms with Crippen molar-refractivity contribution in [1.29, 1.82) is 0 Å². The number of hydrogen-bond acceptors (Lipinski definition) is 4. The van der Waals surface area contributed by atoms with E-state index in [0.29, 0.717) is 0 Å². The summed E-state index contributed by atoms with van der Waals surface area (Å²) in [6, 6.07) is 0.235. The standard InChI is InChI=1S/C10H20N4O/c1-4-15-7-5-6-11-9(2)10-13-12-8-14(10)3/h8-9,11H,4-7H2,1-3H3. The minimum absolute atomic E-state index is 0.235. The predicted molar refractivity (Wildman–Crippen MR) is 58.5 cm³/mol. The second-order valence-corrected chi connectivity index (χ2v) is 3.53. The summed E-state index contributed by atoms with van der Waals surface area (Å²) >= 11 is 0. The van der Waals surface area contributed by atoms with Crippen molar-refractivity contribution in [3.8, 4) is 0 Å². The average Bonchev–Trinajstić information content (AvgIpc) is 2.64. The lowest BCUT2D eigenvalue weighted by Gasteiger charge is -2.12. The number of ether oxygens (including phenoxy) is 1. The first kappa shape index (κ1) is 12.1. The predicted octanol–water partition coefficient (Wildman–Crippen LogP) is 0.892. The zero-order chi connectivity index (χ0) is 11.1.